The second-order valence-electron chi connectivity index (χ2n) is 8.08. The molecule has 0 aliphatic carbocycles. The lowest BCUT2D eigenvalue weighted by Crippen LogP contribution is -3.14. The van der Waals surface area contributed by atoms with Crippen LogP contribution in [0.25, 0.3) is 10.2 Å². The van der Waals surface area contributed by atoms with Crippen molar-refractivity contribution in [3.05, 3.63) is 59.1 Å². The van der Waals surface area contributed by atoms with Crippen LogP contribution in [-0.4, -0.2) is 44.6 Å². The van der Waals surface area contributed by atoms with Gasteiger partial charge >= 0.3 is 0 Å². The van der Waals surface area contributed by atoms with Gasteiger partial charge < -0.3 is 15.1 Å². The summed E-state index contributed by atoms with van der Waals surface area (Å²) in [6, 6.07) is 16.7. The molecule has 2 heterocycles. The molecule has 2 atom stereocenters. The summed E-state index contributed by atoms with van der Waals surface area (Å²) < 4.78 is 1.26. The lowest BCUT2D eigenvalue weighted by molar-refractivity contribution is -0.898. The molecule has 6 heteroatoms. The van der Waals surface area contributed by atoms with Crippen LogP contribution in [0, 0.1) is 0 Å². The molecule has 2 aromatic carbocycles. The van der Waals surface area contributed by atoms with Crippen LogP contribution in [-0.2, 0) is 11.3 Å². The summed E-state index contributed by atoms with van der Waals surface area (Å²) in [6.07, 6.45) is 2.32. The van der Waals surface area contributed by atoms with Crippen molar-refractivity contribution >= 4 is 33.1 Å². The lowest BCUT2D eigenvalue weighted by atomic mass is 9.99. The highest BCUT2D eigenvalue weighted by Crippen LogP contribution is 2.30. The Balaban J connectivity index is 1.30. The third kappa shape index (κ3) is 4.95. The molecule has 2 N–H and O–H groups in total. The number of quaternary nitrogens is 1. The smallest absolute Gasteiger partial charge is 0.275 e. The molecule has 5 nitrogen and oxygen atoms in total. The second kappa shape index (κ2) is 8.93. The van der Waals surface area contributed by atoms with E-state index < -0.39 is 0 Å². The molecular formula is C23H29N4OS+. The minimum Gasteiger partial charge on any atom is -0.378 e. The van der Waals surface area contributed by atoms with Crippen molar-refractivity contribution in [1.82, 2.24) is 10.3 Å². The topological polar surface area (TPSA) is 49.7 Å². The number of thiazole rings is 1. The van der Waals surface area contributed by atoms with Crippen molar-refractivity contribution in [2.75, 3.05) is 38.6 Å². The third-order valence-corrected chi connectivity index (χ3v) is 6.83. The van der Waals surface area contributed by atoms with Crippen molar-refractivity contribution in [1.29, 1.82) is 0 Å². The van der Waals surface area contributed by atoms with E-state index in [4.69, 9.17) is 4.98 Å². The van der Waals surface area contributed by atoms with Crippen molar-refractivity contribution in [2.45, 2.75) is 25.3 Å². The average molecular weight is 410 g/mol. The number of aromatic nitrogens is 1. The number of likely N-dealkylation sites (tertiary alicyclic amines) is 1. The summed E-state index contributed by atoms with van der Waals surface area (Å²) in [4.78, 5) is 20.8. The highest BCUT2D eigenvalue weighted by molar-refractivity contribution is 7.18. The Morgan fingerprint density at radius 2 is 2.00 bits per heavy atom. The van der Waals surface area contributed by atoms with Crippen molar-refractivity contribution in [3.8, 4) is 0 Å². The number of nitrogens with zero attached hydrogens (tertiary/aromatic N) is 2. The molecule has 3 aromatic rings. The summed E-state index contributed by atoms with van der Waals surface area (Å²) in [5.41, 5.74) is 3.39. The first-order valence-corrected chi connectivity index (χ1v) is 11.1. The van der Waals surface area contributed by atoms with Crippen LogP contribution < -0.4 is 15.1 Å². The first kappa shape index (κ1) is 19.9. The van der Waals surface area contributed by atoms with Crippen LogP contribution in [0.5, 0.6) is 0 Å². The van der Waals surface area contributed by atoms with Gasteiger partial charge in [-0.25, -0.2) is 4.98 Å². The van der Waals surface area contributed by atoms with Gasteiger partial charge in [0.05, 0.1) is 29.2 Å². The quantitative estimate of drug-likeness (QED) is 0.658. The van der Waals surface area contributed by atoms with E-state index >= 15 is 0 Å². The molecule has 0 radical (unpaired) electrons. The van der Waals surface area contributed by atoms with Crippen molar-refractivity contribution in [3.63, 3.8) is 0 Å². The van der Waals surface area contributed by atoms with Gasteiger partial charge in [-0.2, -0.15) is 0 Å². The number of hydrogen-bond donors (Lipinski definition) is 2. The number of benzene rings is 2. The number of carbonyl (C=O) groups is 1. The molecule has 1 saturated heterocycles. The molecule has 1 unspecified atom stereocenters. The fourth-order valence-corrected chi connectivity index (χ4v) is 5.09. The highest BCUT2D eigenvalue weighted by atomic mass is 32.1. The van der Waals surface area contributed by atoms with E-state index in [2.05, 4.69) is 52.7 Å². The van der Waals surface area contributed by atoms with Gasteiger partial charge in [-0.3, -0.25) is 4.79 Å². The molecule has 1 fully saturated rings. The van der Waals surface area contributed by atoms with Gasteiger partial charge in [0, 0.05) is 26.3 Å². The van der Waals surface area contributed by atoms with Gasteiger partial charge in [0.1, 0.15) is 5.01 Å². The lowest BCUT2D eigenvalue weighted by Gasteiger charge is -2.28. The van der Waals surface area contributed by atoms with Crippen LogP contribution >= 0.6 is 11.3 Å². The number of amides is 1. The van der Waals surface area contributed by atoms with E-state index in [0.29, 0.717) is 19.0 Å². The first-order chi connectivity index (χ1) is 14.1. The highest BCUT2D eigenvalue weighted by Gasteiger charge is 2.28. The van der Waals surface area contributed by atoms with E-state index in [9.17, 15) is 4.79 Å². The Kier molecular flexibility index (Phi) is 6.11. The summed E-state index contributed by atoms with van der Waals surface area (Å²) in [7, 11) is 4.06. The zero-order valence-corrected chi connectivity index (χ0v) is 18.0. The van der Waals surface area contributed by atoms with Gasteiger partial charge in [0.25, 0.3) is 5.91 Å². The minimum atomic E-state index is 0.127. The molecule has 0 bridgehead atoms. The Morgan fingerprint density at radius 3 is 2.76 bits per heavy atom. The number of fused-ring (bicyclic) bond motifs is 1. The van der Waals surface area contributed by atoms with Crippen LogP contribution in [0.4, 0.5) is 5.69 Å². The predicted octanol–water partition coefficient (Wildman–Crippen LogP) is 2.44. The number of piperidine rings is 1. The molecule has 1 amide bonds. The molecule has 152 valence electrons. The Morgan fingerprint density at radius 1 is 1.21 bits per heavy atom. The largest absolute Gasteiger partial charge is 0.378 e. The van der Waals surface area contributed by atoms with Crippen LogP contribution in [0.2, 0.25) is 0 Å². The number of carbonyl (C=O) groups excluding carboxylic acids is 1. The van der Waals surface area contributed by atoms with Gasteiger partial charge in [-0.15, -0.1) is 11.3 Å². The van der Waals surface area contributed by atoms with Gasteiger partial charge in [0.2, 0.25) is 0 Å². The first-order valence-electron chi connectivity index (χ1n) is 10.3. The SMILES string of the molecule is CN(C)c1ccc(CNC(=O)C[NH+]2CCC[C@H](c3nc4ccccc4s3)C2)cc1. The maximum absolute atomic E-state index is 12.5. The molecule has 1 aliphatic heterocycles. The Labute approximate surface area is 176 Å². The Bertz CT molecular complexity index is 933. The number of nitrogens with one attached hydrogen (secondary N) is 2. The van der Waals surface area contributed by atoms with Crippen molar-refractivity contribution in [2.24, 2.45) is 0 Å². The van der Waals surface area contributed by atoms with Crippen molar-refractivity contribution < 1.29 is 9.69 Å². The predicted molar refractivity (Wildman–Crippen MR) is 120 cm³/mol. The third-order valence-electron chi connectivity index (χ3n) is 5.63. The second-order valence-corrected chi connectivity index (χ2v) is 9.14. The molecule has 0 saturated carbocycles. The van der Waals surface area contributed by atoms with E-state index in [1.807, 2.05) is 20.2 Å². The number of para-hydroxylation sites is 1. The van der Waals surface area contributed by atoms with Gasteiger partial charge in [-0.05, 0) is 42.7 Å². The summed E-state index contributed by atoms with van der Waals surface area (Å²) in [5.74, 6) is 0.587. The molecule has 0 spiro atoms. The number of rotatable bonds is 6. The summed E-state index contributed by atoms with van der Waals surface area (Å²) in [5, 5.41) is 4.31. The van der Waals surface area contributed by atoms with Crippen LogP contribution in [0.3, 0.4) is 0 Å². The zero-order chi connectivity index (χ0) is 20.2. The van der Waals surface area contributed by atoms with Crippen LogP contribution in [0.1, 0.15) is 29.3 Å². The fraction of sp³-hybridized carbons (Fsp3) is 0.391. The maximum Gasteiger partial charge on any atom is 0.275 e. The Hall–Kier alpha value is -2.44. The number of hydrogen-bond acceptors (Lipinski definition) is 4. The molecular weight excluding hydrogens is 380 g/mol. The summed E-state index contributed by atoms with van der Waals surface area (Å²) in [6.45, 7) is 3.18. The maximum atomic E-state index is 12.5. The van der Waals surface area contributed by atoms with E-state index in [0.717, 1.165) is 30.6 Å². The molecule has 1 aliphatic rings. The van der Waals surface area contributed by atoms with E-state index in [1.54, 1.807) is 11.3 Å². The van der Waals surface area contributed by atoms with Gasteiger partial charge in [-0.1, -0.05) is 24.3 Å². The standard InChI is InChI=1S/C23H28N4OS/c1-26(2)19-11-9-17(10-12-19)14-24-22(28)16-27-13-5-6-18(15-27)23-25-20-7-3-4-8-21(20)29-23/h3-4,7-12,18H,5-6,13-16H2,1-2H3,(H,24,28)/p+1/t18-/m0/s1. The molecule has 4 rings (SSSR count). The average Bonchev–Trinajstić information content (AvgIpc) is 3.17. The minimum absolute atomic E-state index is 0.127. The molecule has 29 heavy (non-hydrogen) atoms. The normalized spacial score (nSPS) is 19.2. The summed E-state index contributed by atoms with van der Waals surface area (Å²) >= 11 is 1.81. The zero-order valence-electron chi connectivity index (χ0n) is 17.1. The fourth-order valence-electron chi connectivity index (χ4n) is 3.99. The van der Waals surface area contributed by atoms with E-state index in [-0.39, 0.29) is 5.91 Å². The van der Waals surface area contributed by atoms with E-state index in [1.165, 1.54) is 26.7 Å². The number of anilines is 1. The van der Waals surface area contributed by atoms with Crippen LogP contribution in [0.15, 0.2) is 48.5 Å². The molecule has 1 aromatic heterocycles. The van der Waals surface area contributed by atoms with Gasteiger partial charge in [0.15, 0.2) is 6.54 Å². The monoisotopic (exact) mass is 409 g/mol.